The smallest absolute Gasteiger partial charge is 0.0317 e. The van der Waals surface area contributed by atoms with E-state index in [1.165, 1.54) is 5.56 Å². The van der Waals surface area contributed by atoms with Crippen molar-refractivity contribution >= 4 is 17.4 Å². The maximum atomic E-state index is 5.76. The van der Waals surface area contributed by atoms with Crippen LogP contribution in [0.5, 0.6) is 0 Å². The lowest BCUT2D eigenvalue weighted by molar-refractivity contribution is 0.437. The minimum Gasteiger partial charge on any atom is -0.399 e. The Hall–Kier alpha value is -0.670. The molecule has 0 fully saturated rings. The quantitative estimate of drug-likeness (QED) is 0.780. The van der Waals surface area contributed by atoms with E-state index >= 15 is 0 Å². The Morgan fingerprint density at radius 1 is 1.40 bits per heavy atom. The zero-order valence-electron chi connectivity index (χ0n) is 9.73. The van der Waals surface area contributed by atoms with Crippen LogP contribution >= 0.6 is 11.8 Å². The summed E-state index contributed by atoms with van der Waals surface area (Å²) in [6.07, 6.45) is 0. The van der Waals surface area contributed by atoms with Gasteiger partial charge >= 0.3 is 0 Å². The van der Waals surface area contributed by atoms with Crippen molar-refractivity contribution in [2.24, 2.45) is 0 Å². The van der Waals surface area contributed by atoms with Crippen LogP contribution in [0.3, 0.4) is 0 Å². The van der Waals surface area contributed by atoms with E-state index in [9.17, 15) is 0 Å². The molecule has 0 heterocycles. The Bertz CT molecular complexity index is 299. The second-order valence-electron chi connectivity index (χ2n) is 3.99. The summed E-state index contributed by atoms with van der Waals surface area (Å²) in [6.45, 7) is 3.35. The van der Waals surface area contributed by atoms with E-state index in [-0.39, 0.29) is 0 Å². The van der Waals surface area contributed by atoms with Gasteiger partial charge in [0.1, 0.15) is 0 Å². The van der Waals surface area contributed by atoms with Crippen LogP contribution in [-0.2, 0) is 0 Å². The normalized spacial score (nSPS) is 13.1. The molecule has 2 N–H and O–H groups in total. The van der Waals surface area contributed by atoms with Gasteiger partial charge in [-0.25, -0.2) is 0 Å². The number of hydrogen-bond donors (Lipinski definition) is 1. The number of rotatable bonds is 5. The molecule has 15 heavy (non-hydrogen) atoms. The highest BCUT2D eigenvalue weighted by molar-refractivity contribution is 7.99. The highest BCUT2D eigenvalue weighted by Gasteiger charge is 2.05. The summed E-state index contributed by atoms with van der Waals surface area (Å²) in [5.41, 5.74) is 7.93. The molecule has 0 radical (unpaired) electrons. The van der Waals surface area contributed by atoms with Crippen LogP contribution in [0.1, 0.15) is 17.7 Å². The van der Waals surface area contributed by atoms with Gasteiger partial charge in [-0.15, -0.1) is 0 Å². The highest BCUT2D eigenvalue weighted by atomic mass is 32.2. The largest absolute Gasteiger partial charge is 0.399 e. The predicted molar refractivity (Wildman–Crippen MR) is 70.3 cm³/mol. The van der Waals surface area contributed by atoms with Gasteiger partial charge in [-0.3, -0.25) is 0 Å². The SMILES string of the molecule is CC(SCCN(C)C)c1cccc(N)c1. The van der Waals surface area contributed by atoms with Crippen molar-refractivity contribution in [2.45, 2.75) is 12.2 Å². The van der Waals surface area contributed by atoms with Gasteiger partial charge in [0.2, 0.25) is 0 Å². The van der Waals surface area contributed by atoms with Crippen LogP contribution in [0, 0.1) is 0 Å². The van der Waals surface area contributed by atoms with Gasteiger partial charge in [0.25, 0.3) is 0 Å². The maximum absolute atomic E-state index is 5.76. The standard InChI is InChI=1S/C12H20N2S/c1-10(15-8-7-14(2)3)11-5-4-6-12(13)9-11/h4-6,9-10H,7-8,13H2,1-3H3. The summed E-state index contributed by atoms with van der Waals surface area (Å²) in [5, 5.41) is 0.522. The topological polar surface area (TPSA) is 29.3 Å². The number of nitrogens with zero attached hydrogens (tertiary/aromatic N) is 1. The molecule has 0 bridgehead atoms. The van der Waals surface area contributed by atoms with Crippen molar-refractivity contribution < 1.29 is 0 Å². The van der Waals surface area contributed by atoms with Gasteiger partial charge in [-0.05, 0) is 38.7 Å². The van der Waals surface area contributed by atoms with Crippen molar-refractivity contribution in [3.8, 4) is 0 Å². The lowest BCUT2D eigenvalue weighted by Crippen LogP contribution is -2.15. The molecular weight excluding hydrogens is 204 g/mol. The lowest BCUT2D eigenvalue weighted by atomic mass is 10.1. The van der Waals surface area contributed by atoms with E-state index in [1.54, 1.807) is 0 Å². The number of hydrogen-bond acceptors (Lipinski definition) is 3. The fraction of sp³-hybridized carbons (Fsp3) is 0.500. The molecule has 0 saturated heterocycles. The van der Waals surface area contributed by atoms with Crippen LogP contribution in [0.2, 0.25) is 0 Å². The second kappa shape index (κ2) is 6.03. The highest BCUT2D eigenvalue weighted by Crippen LogP contribution is 2.28. The van der Waals surface area contributed by atoms with Crippen LogP contribution in [0.25, 0.3) is 0 Å². The number of thioether (sulfide) groups is 1. The molecule has 1 aromatic carbocycles. The summed E-state index contributed by atoms with van der Waals surface area (Å²) in [6, 6.07) is 8.16. The first kappa shape index (κ1) is 12.4. The third kappa shape index (κ3) is 4.58. The number of nitrogens with two attached hydrogens (primary N) is 1. The maximum Gasteiger partial charge on any atom is 0.0317 e. The van der Waals surface area contributed by atoms with Gasteiger partial charge in [0.15, 0.2) is 0 Å². The first-order valence-electron chi connectivity index (χ1n) is 5.21. The summed E-state index contributed by atoms with van der Waals surface area (Å²) in [7, 11) is 4.21. The van der Waals surface area contributed by atoms with Gasteiger partial charge < -0.3 is 10.6 Å². The Morgan fingerprint density at radius 2 is 2.13 bits per heavy atom. The van der Waals surface area contributed by atoms with E-state index in [4.69, 9.17) is 5.73 Å². The minimum atomic E-state index is 0.522. The molecule has 2 nitrogen and oxygen atoms in total. The van der Waals surface area contributed by atoms with Gasteiger partial charge in [0, 0.05) is 23.2 Å². The van der Waals surface area contributed by atoms with Gasteiger partial charge in [-0.2, -0.15) is 11.8 Å². The Morgan fingerprint density at radius 3 is 2.73 bits per heavy atom. The second-order valence-corrected chi connectivity index (χ2v) is 5.44. The number of anilines is 1. The molecule has 1 aromatic rings. The first-order chi connectivity index (χ1) is 7.09. The molecular formula is C12H20N2S. The summed E-state index contributed by atoms with van der Waals surface area (Å²) >= 11 is 1.97. The Kier molecular flexibility index (Phi) is 4.99. The summed E-state index contributed by atoms with van der Waals surface area (Å²) < 4.78 is 0. The molecule has 84 valence electrons. The molecule has 0 spiro atoms. The van der Waals surface area contributed by atoms with Crippen LogP contribution < -0.4 is 5.73 Å². The molecule has 1 atom stereocenters. The van der Waals surface area contributed by atoms with E-state index < -0.39 is 0 Å². The molecule has 0 amide bonds. The molecule has 1 unspecified atom stereocenters. The third-order valence-electron chi connectivity index (χ3n) is 2.29. The molecule has 1 rings (SSSR count). The Balaban J connectivity index is 2.43. The number of nitrogen functional groups attached to an aromatic ring is 1. The average Bonchev–Trinajstić information content (AvgIpc) is 2.17. The van der Waals surface area contributed by atoms with Gasteiger partial charge in [-0.1, -0.05) is 12.1 Å². The lowest BCUT2D eigenvalue weighted by Gasteiger charge is -2.14. The summed E-state index contributed by atoms with van der Waals surface area (Å²) in [4.78, 5) is 2.21. The van der Waals surface area contributed by atoms with E-state index in [1.807, 2.05) is 23.9 Å². The zero-order chi connectivity index (χ0) is 11.3. The molecule has 0 saturated carbocycles. The summed E-state index contributed by atoms with van der Waals surface area (Å²) in [5.74, 6) is 1.16. The third-order valence-corrected chi connectivity index (χ3v) is 3.48. The molecule has 3 heteroatoms. The molecule has 0 aromatic heterocycles. The zero-order valence-corrected chi connectivity index (χ0v) is 10.6. The van der Waals surface area contributed by atoms with Crippen molar-refractivity contribution in [3.05, 3.63) is 29.8 Å². The van der Waals surface area contributed by atoms with Crippen molar-refractivity contribution in [3.63, 3.8) is 0 Å². The van der Waals surface area contributed by atoms with Crippen LogP contribution in [0.15, 0.2) is 24.3 Å². The van der Waals surface area contributed by atoms with Crippen molar-refractivity contribution in [1.82, 2.24) is 4.90 Å². The number of benzene rings is 1. The van der Waals surface area contributed by atoms with E-state index in [0.717, 1.165) is 18.0 Å². The van der Waals surface area contributed by atoms with Crippen LogP contribution in [-0.4, -0.2) is 31.3 Å². The van der Waals surface area contributed by atoms with Gasteiger partial charge in [0.05, 0.1) is 0 Å². The van der Waals surface area contributed by atoms with E-state index in [0.29, 0.717) is 5.25 Å². The fourth-order valence-electron chi connectivity index (χ4n) is 1.32. The fourth-order valence-corrected chi connectivity index (χ4v) is 2.48. The van der Waals surface area contributed by atoms with Crippen LogP contribution in [0.4, 0.5) is 5.69 Å². The average molecular weight is 224 g/mol. The molecule has 0 aliphatic carbocycles. The Labute approximate surface area is 96.8 Å². The minimum absolute atomic E-state index is 0.522. The van der Waals surface area contributed by atoms with E-state index in [2.05, 4.69) is 38.1 Å². The monoisotopic (exact) mass is 224 g/mol. The first-order valence-corrected chi connectivity index (χ1v) is 6.26. The van der Waals surface area contributed by atoms with Crippen molar-refractivity contribution in [2.75, 3.05) is 32.1 Å². The predicted octanol–water partition coefficient (Wildman–Crippen LogP) is 2.62. The molecule has 0 aliphatic heterocycles. The van der Waals surface area contributed by atoms with Crippen molar-refractivity contribution in [1.29, 1.82) is 0 Å². The molecule has 0 aliphatic rings.